The summed E-state index contributed by atoms with van der Waals surface area (Å²) in [4.78, 5) is 16.1. The van der Waals surface area contributed by atoms with Gasteiger partial charge in [0.1, 0.15) is 11.5 Å². The lowest BCUT2D eigenvalue weighted by molar-refractivity contribution is -0.144. The van der Waals surface area contributed by atoms with Crippen LogP contribution in [-0.2, 0) is 16.0 Å². The first kappa shape index (κ1) is 17.8. The Balaban J connectivity index is 1.57. The third kappa shape index (κ3) is 6.28. The zero-order valence-electron chi connectivity index (χ0n) is 14.2. The van der Waals surface area contributed by atoms with Crippen molar-refractivity contribution in [1.29, 1.82) is 0 Å². The van der Waals surface area contributed by atoms with Gasteiger partial charge < -0.3 is 14.2 Å². The van der Waals surface area contributed by atoms with Gasteiger partial charge in [-0.2, -0.15) is 0 Å². The Labute approximate surface area is 142 Å². The Bertz CT molecular complexity index is 640. The van der Waals surface area contributed by atoms with Crippen molar-refractivity contribution < 1.29 is 19.0 Å². The minimum absolute atomic E-state index is 0.231. The molecule has 24 heavy (non-hydrogen) atoms. The fraction of sp³-hybridized carbons (Fsp3) is 0.368. The number of carbonyl (C=O) groups is 1. The summed E-state index contributed by atoms with van der Waals surface area (Å²) in [6.07, 6.45) is 1.80. The maximum Gasteiger partial charge on any atom is 0.309 e. The van der Waals surface area contributed by atoms with Gasteiger partial charge in [-0.3, -0.25) is 9.78 Å². The van der Waals surface area contributed by atoms with Crippen LogP contribution in [0.1, 0.15) is 24.2 Å². The summed E-state index contributed by atoms with van der Waals surface area (Å²) < 4.78 is 15.8. The van der Waals surface area contributed by atoms with Crippen LogP contribution in [0.5, 0.6) is 11.5 Å². The lowest BCUT2D eigenvalue weighted by Crippen LogP contribution is -2.11. The monoisotopic (exact) mass is 329 g/mol. The summed E-state index contributed by atoms with van der Waals surface area (Å²) >= 11 is 0. The van der Waals surface area contributed by atoms with E-state index in [2.05, 4.69) is 4.98 Å². The Kier molecular flexibility index (Phi) is 7.08. The summed E-state index contributed by atoms with van der Waals surface area (Å²) in [6.45, 7) is 2.66. The number of rotatable bonds is 9. The highest BCUT2D eigenvalue weighted by molar-refractivity contribution is 5.69. The van der Waals surface area contributed by atoms with Crippen molar-refractivity contribution in [3.63, 3.8) is 0 Å². The van der Waals surface area contributed by atoms with Crippen LogP contribution in [0.15, 0.2) is 42.5 Å². The van der Waals surface area contributed by atoms with Crippen LogP contribution in [0.3, 0.4) is 0 Å². The molecule has 0 unspecified atom stereocenters. The van der Waals surface area contributed by atoms with Crippen LogP contribution >= 0.6 is 0 Å². The molecule has 0 saturated heterocycles. The number of nitrogens with zero attached hydrogens (tertiary/aromatic N) is 1. The van der Waals surface area contributed by atoms with Gasteiger partial charge in [0.05, 0.1) is 26.7 Å². The topological polar surface area (TPSA) is 57.7 Å². The fourth-order valence-corrected chi connectivity index (χ4v) is 2.17. The molecule has 1 heterocycles. The minimum atomic E-state index is -0.249. The number of ether oxygens (including phenoxy) is 3. The van der Waals surface area contributed by atoms with Crippen LogP contribution in [0.25, 0.3) is 0 Å². The van der Waals surface area contributed by atoms with E-state index in [1.807, 2.05) is 37.3 Å². The molecule has 0 fully saturated rings. The van der Waals surface area contributed by atoms with E-state index in [0.717, 1.165) is 30.0 Å². The number of hydrogen-bond acceptors (Lipinski definition) is 5. The third-order valence-electron chi connectivity index (χ3n) is 3.42. The summed E-state index contributed by atoms with van der Waals surface area (Å²) in [5.74, 6) is 1.22. The molecule has 128 valence electrons. The van der Waals surface area contributed by atoms with Crippen LogP contribution in [-0.4, -0.2) is 31.3 Å². The summed E-state index contributed by atoms with van der Waals surface area (Å²) in [5.41, 5.74) is 2.02. The lowest BCUT2D eigenvalue weighted by atomic mass is 10.2. The second kappa shape index (κ2) is 9.55. The Morgan fingerprint density at radius 3 is 2.50 bits per heavy atom. The average molecular weight is 329 g/mol. The van der Waals surface area contributed by atoms with Gasteiger partial charge in [0, 0.05) is 11.4 Å². The predicted molar refractivity (Wildman–Crippen MR) is 91.4 cm³/mol. The Morgan fingerprint density at radius 1 is 1.04 bits per heavy atom. The molecule has 1 aromatic carbocycles. The number of pyridine rings is 1. The second-order valence-corrected chi connectivity index (χ2v) is 5.37. The van der Waals surface area contributed by atoms with Gasteiger partial charge in [-0.1, -0.05) is 6.07 Å². The highest BCUT2D eigenvalue weighted by Gasteiger charge is 2.04. The molecule has 0 saturated carbocycles. The van der Waals surface area contributed by atoms with Crippen molar-refractivity contribution in [3.8, 4) is 11.5 Å². The highest BCUT2D eigenvalue weighted by atomic mass is 16.5. The molecule has 1 aromatic heterocycles. The minimum Gasteiger partial charge on any atom is -0.497 e. The Morgan fingerprint density at radius 2 is 1.79 bits per heavy atom. The van der Waals surface area contributed by atoms with E-state index in [1.165, 1.54) is 0 Å². The van der Waals surface area contributed by atoms with Crippen molar-refractivity contribution >= 4 is 5.97 Å². The molecular weight excluding hydrogens is 306 g/mol. The van der Waals surface area contributed by atoms with Crippen LogP contribution < -0.4 is 9.47 Å². The molecule has 2 aromatic rings. The summed E-state index contributed by atoms with van der Waals surface area (Å²) in [7, 11) is 1.61. The third-order valence-corrected chi connectivity index (χ3v) is 3.42. The molecule has 5 nitrogen and oxygen atoms in total. The molecule has 0 atom stereocenters. The van der Waals surface area contributed by atoms with Gasteiger partial charge in [0.15, 0.2) is 0 Å². The number of carbonyl (C=O) groups excluding carboxylic acids is 1. The first-order chi connectivity index (χ1) is 11.7. The van der Waals surface area contributed by atoms with Crippen LogP contribution in [0, 0.1) is 6.92 Å². The molecule has 0 radical (unpaired) electrons. The zero-order chi connectivity index (χ0) is 17.2. The van der Waals surface area contributed by atoms with Gasteiger partial charge in [-0.25, -0.2) is 0 Å². The lowest BCUT2D eigenvalue weighted by Gasteiger charge is -2.08. The van der Waals surface area contributed by atoms with Gasteiger partial charge in [-0.15, -0.1) is 0 Å². The van der Waals surface area contributed by atoms with Gasteiger partial charge in [-0.05, 0) is 56.2 Å². The number of aromatic nitrogens is 1. The number of methoxy groups -OCH3 is 1. The smallest absolute Gasteiger partial charge is 0.309 e. The summed E-state index contributed by atoms with van der Waals surface area (Å²) in [6, 6.07) is 13.2. The highest BCUT2D eigenvalue weighted by Crippen LogP contribution is 2.17. The van der Waals surface area contributed by atoms with E-state index >= 15 is 0 Å². The van der Waals surface area contributed by atoms with E-state index in [0.29, 0.717) is 19.0 Å². The standard InChI is InChI=1S/C19H23NO4/c1-15-5-3-6-16(20-15)7-4-13-24-19(21)12-14-23-18-10-8-17(22-2)9-11-18/h3,5-6,8-11H,4,7,12-14H2,1-2H3. The first-order valence-electron chi connectivity index (χ1n) is 8.02. The van der Waals surface area contributed by atoms with E-state index in [4.69, 9.17) is 14.2 Å². The van der Waals surface area contributed by atoms with Gasteiger partial charge >= 0.3 is 5.97 Å². The van der Waals surface area contributed by atoms with Gasteiger partial charge in [0.25, 0.3) is 0 Å². The van der Waals surface area contributed by atoms with Crippen molar-refractivity contribution in [2.45, 2.75) is 26.2 Å². The van der Waals surface area contributed by atoms with E-state index in [9.17, 15) is 4.79 Å². The molecule has 0 spiro atoms. The fourth-order valence-electron chi connectivity index (χ4n) is 2.17. The zero-order valence-corrected chi connectivity index (χ0v) is 14.2. The molecule has 0 aliphatic rings. The average Bonchev–Trinajstić information content (AvgIpc) is 2.59. The number of benzene rings is 1. The molecule has 0 N–H and O–H groups in total. The van der Waals surface area contributed by atoms with Gasteiger partial charge in [0.2, 0.25) is 0 Å². The van der Waals surface area contributed by atoms with Crippen molar-refractivity contribution in [2.24, 2.45) is 0 Å². The van der Waals surface area contributed by atoms with Crippen LogP contribution in [0.2, 0.25) is 0 Å². The van der Waals surface area contributed by atoms with Crippen molar-refractivity contribution in [1.82, 2.24) is 4.98 Å². The quantitative estimate of drug-likeness (QED) is 0.522. The first-order valence-corrected chi connectivity index (χ1v) is 8.02. The normalized spacial score (nSPS) is 10.2. The molecule has 0 aliphatic carbocycles. The Hall–Kier alpha value is -2.56. The second-order valence-electron chi connectivity index (χ2n) is 5.37. The van der Waals surface area contributed by atoms with Crippen molar-refractivity contribution in [3.05, 3.63) is 53.9 Å². The largest absolute Gasteiger partial charge is 0.497 e. The molecule has 0 amide bonds. The molecule has 0 bridgehead atoms. The number of hydrogen-bond donors (Lipinski definition) is 0. The van der Waals surface area contributed by atoms with Crippen molar-refractivity contribution in [2.75, 3.05) is 20.3 Å². The van der Waals surface area contributed by atoms with Crippen LogP contribution in [0.4, 0.5) is 0 Å². The van der Waals surface area contributed by atoms with E-state index < -0.39 is 0 Å². The maximum atomic E-state index is 11.7. The number of aryl methyl sites for hydroxylation is 2. The molecule has 5 heteroatoms. The molecule has 0 aliphatic heterocycles. The predicted octanol–water partition coefficient (Wildman–Crippen LogP) is 3.34. The number of esters is 1. The molecule has 2 rings (SSSR count). The maximum absolute atomic E-state index is 11.7. The molecular formula is C19H23NO4. The van der Waals surface area contributed by atoms with E-state index in [-0.39, 0.29) is 12.4 Å². The SMILES string of the molecule is COc1ccc(OCCC(=O)OCCCc2cccc(C)n2)cc1. The summed E-state index contributed by atoms with van der Waals surface area (Å²) in [5, 5.41) is 0. The van der Waals surface area contributed by atoms with E-state index in [1.54, 1.807) is 19.2 Å².